The normalized spacial score (nSPS) is 11.8. The molecule has 0 fully saturated rings. The molecule has 0 unspecified atom stereocenters. The minimum Gasteiger partial charge on any atom is -0.504 e. The van der Waals surface area contributed by atoms with Gasteiger partial charge in [-0.2, -0.15) is 0 Å². The molecule has 0 bridgehead atoms. The van der Waals surface area contributed by atoms with Crippen LogP contribution in [0.2, 0.25) is 0 Å². The van der Waals surface area contributed by atoms with Crippen molar-refractivity contribution in [1.29, 1.82) is 0 Å². The zero-order valence-corrected chi connectivity index (χ0v) is 11.3. The molecule has 5 N–H and O–H groups in total. The van der Waals surface area contributed by atoms with Crippen LogP contribution in [0.15, 0.2) is 16.6 Å². The molecule has 0 aliphatic heterocycles. The van der Waals surface area contributed by atoms with E-state index in [1.165, 1.54) is 7.11 Å². The molecule has 0 heterocycles. The van der Waals surface area contributed by atoms with Crippen LogP contribution in [0.5, 0.6) is 11.5 Å². The lowest BCUT2D eigenvalue weighted by atomic mass is 10.0. The summed E-state index contributed by atoms with van der Waals surface area (Å²) in [5.41, 5.74) is 11.9. The fourth-order valence-corrected chi connectivity index (χ4v) is 1.82. The minimum absolute atomic E-state index is 0. The predicted molar refractivity (Wildman–Crippen MR) is 70.2 cm³/mol. The molecule has 1 atom stereocenters. The molecule has 1 rings (SSSR count). The van der Waals surface area contributed by atoms with E-state index in [0.29, 0.717) is 24.3 Å². The van der Waals surface area contributed by atoms with Crippen molar-refractivity contribution in [1.82, 2.24) is 0 Å². The lowest BCUT2D eigenvalue weighted by Gasteiger charge is -2.15. The van der Waals surface area contributed by atoms with Crippen molar-refractivity contribution in [3.8, 4) is 11.5 Å². The summed E-state index contributed by atoms with van der Waals surface area (Å²) in [6.45, 7) is 0.482. The highest BCUT2D eigenvalue weighted by atomic mass is 79.9. The Kier molecular flexibility index (Phi) is 6.74. The zero-order chi connectivity index (χ0) is 11.4. The van der Waals surface area contributed by atoms with E-state index in [9.17, 15) is 5.11 Å². The maximum absolute atomic E-state index is 9.84. The second-order valence-electron chi connectivity index (χ2n) is 3.23. The van der Waals surface area contributed by atoms with E-state index in [0.717, 1.165) is 4.47 Å². The summed E-state index contributed by atoms with van der Waals surface area (Å²) in [4.78, 5) is 0. The first kappa shape index (κ1) is 15.5. The van der Waals surface area contributed by atoms with E-state index in [4.69, 9.17) is 16.2 Å². The van der Waals surface area contributed by atoms with Crippen LogP contribution >= 0.6 is 28.3 Å². The quantitative estimate of drug-likeness (QED) is 0.793. The van der Waals surface area contributed by atoms with E-state index in [2.05, 4.69) is 15.9 Å². The van der Waals surface area contributed by atoms with Gasteiger partial charge in [0.1, 0.15) is 0 Å². The summed E-state index contributed by atoms with van der Waals surface area (Å²) in [5, 5.41) is 9.84. The van der Waals surface area contributed by atoms with Gasteiger partial charge in [0.25, 0.3) is 0 Å². The van der Waals surface area contributed by atoms with Crippen molar-refractivity contribution >= 4 is 28.3 Å². The van der Waals surface area contributed by atoms with Crippen LogP contribution in [0, 0.1) is 0 Å². The Morgan fingerprint density at radius 1 is 1.50 bits per heavy atom. The van der Waals surface area contributed by atoms with E-state index < -0.39 is 0 Å². The summed E-state index contributed by atoms with van der Waals surface area (Å²) in [7, 11) is 1.50. The Morgan fingerprint density at radius 2 is 2.12 bits per heavy atom. The average Bonchev–Trinajstić information content (AvgIpc) is 2.21. The molecule has 6 heteroatoms. The molecule has 0 amide bonds. The number of hydrogen-bond donors (Lipinski definition) is 3. The van der Waals surface area contributed by atoms with Crippen molar-refractivity contribution in [3.63, 3.8) is 0 Å². The van der Waals surface area contributed by atoms with Gasteiger partial charge in [-0.1, -0.05) is 15.9 Å². The second-order valence-corrected chi connectivity index (χ2v) is 4.15. The highest BCUT2D eigenvalue weighted by Crippen LogP contribution is 2.36. The molecule has 1 aromatic rings. The van der Waals surface area contributed by atoms with Gasteiger partial charge in [0.15, 0.2) is 11.5 Å². The van der Waals surface area contributed by atoms with Crippen molar-refractivity contribution in [2.24, 2.45) is 11.5 Å². The van der Waals surface area contributed by atoms with Crippen LogP contribution in [0.1, 0.15) is 18.0 Å². The Bertz CT molecular complexity index is 350. The summed E-state index contributed by atoms with van der Waals surface area (Å²) in [5.74, 6) is 0.494. The monoisotopic (exact) mass is 310 g/mol. The number of aromatic hydroxyl groups is 1. The van der Waals surface area contributed by atoms with Gasteiger partial charge < -0.3 is 21.3 Å². The van der Waals surface area contributed by atoms with Gasteiger partial charge in [-0.05, 0) is 25.1 Å². The molecular weight excluding hydrogens is 295 g/mol. The number of benzene rings is 1. The van der Waals surface area contributed by atoms with Gasteiger partial charge in [0.2, 0.25) is 0 Å². The summed E-state index contributed by atoms with van der Waals surface area (Å²) < 4.78 is 5.85. The van der Waals surface area contributed by atoms with Crippen molar-refractivity contribution in [2.75, 3.05) is 13.7 Å². The fraction of sp³-hybridized carbons (Fsp3) is 0.400. The topological polar surface area (TPSA) is 81.5 Å². The van der Waals surface area contributed by atoms with Gasteiger partial charge in [0.05, 0.1) is 7.11 Å². The molecule has 92 valence electrons. The third-order valence-corrected chi connectivity index (χ3v) is 2.62. The van der Waals surface area contributed by atoms with Crippen molar-refractivity contribution in [3.05, 3.63) is 22.2 Å². The van der Waals surface area contributed by atoms with E-state index in [1.807, 2.05) is 0 Å². The van der Waals surface area contributed by atoms with Crippen molar-refractivity contribution < 1.29 is 9.84 Å². The molecule has 0 aromatic heterocycles. The molecule has 0 saturated heterocycles. The number of phenolic OH excluding ortho intramolecular Hbond substituents is 1. The lowest BCUT2D eigenvalue weighted by molar-refractivity contribution is 0.367. The summed E-state index contributed by atoms with van der Waals surface area (Å²) >= 11 is 3.33. The van der Waals surface area contributed by atoms with E-state index >= 15 is 0 Å². The first-order valence-corrected chi connectivity index (χ1v) is 5.41. The minimum atomic E-state index is -0.276. The van der Waals surface area contributed by atoms with Crippen LogP contribution in [0.3, 0.4) is 0 Å². The molecular formula is C10H16BrClN2O2. The van der Waals surface area contributed by atoms with Gasteiger partial charge in [-0.15, -0.1) is 12.4 Å². The highest BCUT2D eigenvalue weighted by Gasteiger charge is 2.15. The van der Waals surface area contributed by atoms with E-state index in [1.54, 1.807) is 12.1 Å². The van der Waals surface area contributed by atoms with Crippen LogP contribution in [-0.4, -0.2) is 18.8 Å². The molecule has 16 heavy (non-hydrogen) atoms. The Hall–Kier alpha value is -0.490. The first-order chi connectivity index (χ1) is 7.10. The van der Waals surface area contributed by atoms with Gasteiger partial charge in [0, 0.05) is 16.1 Å². The van der Waals surface area contributed by atoms with Gasteiger partial charge in [-0.25, -0.2) is 0 Å². The largest absolute Gasteiger partial charge is 0.504 e. The number of nitrogens with two attached hydrogens (primary N) is 2. The second kappa shape index (κ2) is 6.96. The highest BCUT2D eigenvalue weighted by molar-refractivity contribution is 9.10. The average molecular weight is 312 g/mol. The molecule has 0 radical (unpaired) electrons. The predicted octanol–water partition coefficient (Wildman–Crippen LogP) is 1.93. The molecule has 4 nitrogen and oxygen atoms in total. The van der Waals surface area contributed by atoms with Gasteiger partial charge in [-0.3, -0.25) is 0 Å². The molecule has 0 aliphatic carbocycles. The molecule has 0 saturated carbocycles. The number of rotatable bonds is 4. The molecule has 0 aliphatic rings. The Balaban J connectivity index is 0.00000225. The van der Waals surface area contributed by atoms with Crippen LogP contribution in [-0.2, 0) is 0 Å². The summed E-state index contributed by atoms with van der Waals surface area (Å²) in [6.07, 6.45) is 0.618. The standard InChI is InChI=1S/C10H15BrN2O2.ClH/c1-15-9-5-6(11)4-7(10(9)14)8(13)2-3-12;/h4-5,8,14H,2-3,12-13H2,1H3;1H/t8-;/m0./s1. The first-order valence-electron chi connectivity index (χ1n) is 4.62. The lowest BCUT2D eigenvalue weighted by Crippen LogP contribution is -2.15. The van der Waals surface area contributed by atoms with Crippen LogP contribution in [0.25, 0.3) is 0 Å². The fourth-order valence-electron chi connectivity index (χ4n) is 1.37. The number of hydrogen-bond acceptors (Lipinski definition) is 4. The molecule has 0 spiro atoms. The smallest absolute Gasteiger partial charge is 0.162 e. The summed E-state index contributed by atoms with van der Waals surface area (Å²) in [6, 6.07) is 3.19. The number of ether oxygens (including phenoxy) is 1. The van der Waals surface area contributed by atoms with Crippen LogP contribution in [0.4, 0.5) is 0 Å². The number of methoxy groups -OCH3 is 1. The Morgan fingerprint density at radius 3 is 2.62 bits per heavy atom. The maximum Gasteiger partial charge on any atom is 0.162 e. The zero-order valence-electron chi connectivity index (χ0n) is 8.94. The third kappa shape index (κ3) is 3.52. The third-order valence-electron chi connectivity index (χ3n) is 2.17. The van der Waals surface area contributed by atoms with Crippen molar-refractivity contribution in [2.45, 2.75) is 12.5 Å². The van der Waals surface area contributed by atoms with E-state index in [-0.39, 0.29) is 24.2 Å². The maximum atomic E-state index is 9.84. The Labute approximate surface area is 109 Å². The number of phenols is 1. The van der Waals surface area contributed by atoms with Crippen LogP contribution < -0.4 is 16.2 Å². The van der Waals surface area contributed by atoms with Gasteiger partial charge >= 0.3 is 0 Å². The number of halogens is 2. The molecule has 1 aromatic carbocycles. The SMILES string of the molecule is COc1cc(Br)cc([C@@H](N)CCN)c1O.Cl.